The molecule has 0 spiro atoms. The molecular weight excluding hydrogens is 345 g/mol. The van der Waals surface area contributed by atoms with Crippen molar-refractivity contribution in [2.24, 2.45) is 0 Å². The van der Waals surface area contributed by atoms with Crippen molar-refractivity contribution < 1.29 is 13.1 Å². The quantitative estimate of drug-likeness (QED) is 0.686. The third-order valence-electron chi connectivity index (χ3n) is 3.55. The maximum absolute atomic E-state index is 14.5. The molecular formula is C13H8BBrF2N2S. The molecule has 0 aliphatic carbocycles. The molecule has 0 bridgehead atoms. The first-order valence-electron chi connectivity index (χ1n) is 6.07. The van der Waals surface area contributed by atoms with Gasteiger partial charge in [0.1, 0.15) is 6.21 Å². The third kappa shape index (κ3) is 1.50. The monoisotopic (exact) mass is 352 g/mol. The summed E-state index contributed by atoms with van der Waals surface area (Å²) in [5.74, 6) is 0. The molecule has 0 N–H and O–H groups in total. The van der Waals surface area contributed by atoms with Crippen molar-refractivity contribution in [1.29, 1.82) is 0 Å². The van der Waals surface area contributed by atoms with Gasteiger partial charge in [0.05, 0.1) is 5.57 Å². The van der Waals surface area contributed by atoms with E-state index in [1.54, 1.807) is 35.6 Å². The van der Waals surface area contributed by atoms with E-state index >= 15 is 0 Å². The Bertz CT molecular complexity index is 816. The number of hydrogen-bond donors (Lipinski definition) is 0. The summed E-state index contributed by atoms with van der Waals surface area (Å²) in [5.41, 5.74) is 1.98. The maximum atomic E-state index is 14.5. The van der Waals surface area contributed by atoms with Crippen LogP contribution >= 0.6 is 27.3 Å². The van der Waals surface area contributed by atoms with Gasteiger partial charge in [-0.05, 0) is 40.3 Å². The van der Waals surface area contributed by atoms with Gasteiger partial charge in [-0.25, -0.2) is 0 Å². The van der Waals surface area contributed by atoms with Gasteiger partial charge < -0.3 is 17.6 Å². The molecule has 100 valence electrons. The lowest BCUT2D eigenvalue weighted by Crippen LogP contribution is -2.49. The SMILES string of the molecule is F[B-]1(F)n2cccc2C(c2cc(Br)cs2)=C2C=CC=[N+]21. The molecule has 0 radical (unpaired) electrons. The minimum absolute atomic E-state index is 0.565. The van der Waals surface area contributed by atoms with E-state index in [-0.39, 0.29) is 0 Å². The van der Waals surface area contributed by atoms with Crippen LogP contribution in [0.15, 0.2) is 52.1 Å². The summed E-state index contributed by atoms with van der Waals surface area (Å²) in [6.07, 6.45) is 6.30. The van der Waals surface area contributed by atoms with E-state index in [0.29, 0.717) is 11.4 Å². The molecule has 2 aromatic heterocycles. The average molecular weight is 353 g/mol. The summed E-state index contributed by atoms with van der Waals surface area (Å²) in [4.78, 5) is 0.975. The predicted molar refractivity (Wildman–Crippen MR) is 81.3 cm³/mol. The topological polar surface area (TPSA) is 7.94 Å². The van der Waals surface area contributed by atoms with Crippen molar-refractivity contribution in [2.45, 2.75) is 0 Å². The lowest BCUT2D eigenvalue weighted by atomic mass is 9.88. The van der Waals surface area contributed by atoms with Crippen LogP contribution in [0, 0.1) is 0 Å². The van der Waals surface area contributed by atoms with Crippen LogP contribution in [0.25, 0.3) is 5.57 Å². The Morgan fingerprint density at radius 2 is 2.20 bits per heavy atom. The minimum atomic E-state index is -3.80. The number of fused-ring (bicyclic) bond motifs is 2. The van der Waals surface area contributed by atoms with E-state index in [0.717, 1.165) is 23.9 Å². The van der Waals surface area contributed by atoms with Gasteiger partial charge in [-0.2, -0.15) is 0 Å². The fourth-order valence-electron chi connectivity index (χ4n) is 2.72. The number of aromatic nitrogens is 1. The molecule has 20 heavy (non-hydrogen) atoms. The molecule has 0 fully saturated rings. The van der Waals surface area contributed by atoms with Crippen LogP contribution in [0.2, 0.25) is 0 Å². The lowest BCUT2D eigenvalue weighted by molar-refractivity contribution is -0.356. The second kappa shape index (κ2) is 4.02. The first-order chi connectivity index (χ1) is 9.59. The highest BCUT2D eigenvalue weighted by molar-refractivity contribution is 9.10. The molecule has 2 nitrogen and oxygen atoms in total. The molecule has 7 heteroatoms. The number of halogens is 3. The fraction of sp³-hybridized carbons (Fsp3) is 0. The highest BCUT2D eigenvalue weighted by atomic mass is 79.9. The summed E-state index contributed by atoms with van der Waals surface area (Å²) < 4.78 is 32.2. The third-order valence-corrected chi connectivity index (χ3v) is 5.26. The van der Waals surface area contributed by atoms with Gasteiger partial charge in [-0.1, -0.05) is 0 Å². The molecule has 0 aromatic carbocycles. The molecule has 0 atom stereocenters. The summed E-state index contributed by atoms with van der Waals surface area (Å²) in [6, 6.07) is 5.38. The van der Waals surface area contributed by atoms with Crippen molar-refractivity contribution in [3.8, 4) is 0 Å². The van der Waals surface area contributed by atoms with Crippen LogP contribution in [-0.4, -0.2) is 22.1 Å². The molecule has 4 rings (SSSR count). The number of hydrogen-bond acceptors (Lipinski definition) is 1. The number of nitrogens with zero attached hydrogens (tertiary/aromatic N) is 2. The van der Waals surface area contributed by atoms with Crippen LogP contribution < -0.4 is 0 Å². The molecule has 2 aliphatic rings. The van der Waals surface area contributed by atoms with Gasteiger partial charge in [0, 0.05) is 32.6 Å². The van der Waals surface area contributed by atoms with E-state index in [4.69, 9.17) is 0 Å². The Morgan fingerprint density at radius 3 is 2.95 bits per heavy atom. The zero-order valence-corrected chi connectivity index (χ0v) is 12.5. The Hall–Kier alpha value is -1.47. The van der Waals surface area contributed by atoms with Crippen molar-refractivity contribution in [3.63, 3.8) is 0 Å². The number of rotatable bonds is 1. The summed E-state index contributed by atoms with van der Waals surface area (Å²) in [5, 5.41) is 1.96. The number of allylic oxidation sites excluding steroid dienone is 2. The largest absolute Gasteiger partial charge is 0.737 e. The second-order valence-corrected chi connectivity index (χ2v) is 6.52. The van der Waals surface area contributed by atoms with E-state index in [1.165, 1.54) is 12.4 Å². The molecule has 2 aliphatic heterocycles. The molecule has 4 heterocycles. The first kappa shape index (κ1) is 12.3. The minimum Gasteiger partial charge on any atom is -0.396 e. The Labute approximate surface area is 126 Å². The van der Waals surface area contributed by atoms with Crippen molar-refractivity contribution in [1.82, 2.24) is 4.48 Å². The van der Waals surface area contributed by atoms with E-state index in [1.807, 2.05) is 11.4 Å². The number of thiophene rings is 1. The fourth-order valence-corrected chi connectivity index (χ4v) is 4.21. The van der Waals surface area contributed by atoms with Gasteiger partial charge >= 0.3 is 6.97 Å². The van der Waals surface area contributed by atoms with E-state index < -0.39 is 6.97 Å². The molecule has 2 aromatic rings. The summed E-state index contributed by atoms with van der Waals surface area (Å²) in [7, 11) is 0. The average Bonchev–Trinajstić information content (AvgIpc) is 3.09. The van der Waals surface area contributed by atoms with Crippen molar-refractivity contribution >= 4 is 46.0 Å². The van der Waals surface area contributed by atoms with Crippen LogP contribution in [0.1, 0.15) is 10.6 Å². The Morgan fingerprint density at radius 1 is 1.35 bits per heavy atom. The summed E-state index contributed by atoms with van der Waals surface area (Å²) >= 11 is 4.96. The molecule has 0 amide bonds. The van der Waals surface area contributed by atoms with Crippen molar-refractivity contribution in [2.75, 3.05) is 0 Å². The lowest BCUT2D eigenvalue weighted by Gasteiger charge is -2.30. The summed E-state index contributed by atoms with van der Waals surface area (Å²) in [6.45, 7) is -3.80. The predicted octanol–water partition coefficient (Wildman–Crippen LogP) is 3.96. The van der Waals surface area contributed by atoms with Gasteiger partial charge in [-0.3, -0.25) is 0 Å². The second-order valence-electron chi connectivity index (χ2n) is 4.69. The van der Waals surface area contributed by atoms with Crippen LogP contribution in [0.3, 0.4) is 0 Å². The zero-order valence-electron chi connectivity index (χ0n) is 10.1. The highest BCUT2D eigenvalue weighted by Gasteiger charge is 2.51. The highest BCUT2D eigenvalue weighted by Crippen LogP contribution is 2.40. The Balaban J connectivity index is 2.07. The van der Waals surface area contributed by atoms with Crippen LogP contribution in [0.4, 0.5) is 8.63 Å². The standard InChI is InChI=1S/C13H8BBrF2N2S/c15-9-7-12(20-8-9)13-10-3-1-5-18(10)14(16,17)19-6-2-4-11(13)19/h1-8H. The maximum Gasteiger partial charge on any atom is 0.737 e. The normalized spacial score (nSPS) is 19.1. The molecule has 0 unspecified atom stereocenters. The van der Waals surface area contributed by atoms with Crippen molar-refractivity contribution in [3.05, 3.63) is 62.7 Å². The molecule has 0 saturated carbocycles. The van der Waals surface area contributed by atoms with Gasteiger partial charge in [0.15, 0.2) is 5.70 Å². The van der Waals surface area contributed by atoms with Crippen LogP contribution in [-0.2, 0) is 0 Å². The molecule has 0 saturated heterocycles. The van der Waals surface area contributed by atoms with E-state index in [9.17, 15) is 8.63 Å². The van der Waals surface area contributed by atoms with Gasteiger partial charge in [-0.15, -0.1) is 11.3 Å². The van der Waals surface area contributed by atoms with Gasteiger partial charge in [0.25, 0.3) is 0 Å². The Kier molecular flexibility index (Phi) is 2.47. The van der Waals surface area contributed by atoms with E-state index in [2.05, 4.69) is 15.9 Å². The zero-order chi connectivity index (χ0) is 13.9. The smallest absolute Gasteiger partial charge is 0.396 e. The van der Waals surface area contributed by atoms with Gasteiger partial charge in [0.2, 0.25) is 0 Å². The first-order valence-corrected chi connectivity index (χ1v) is 7.74. The van der Waals surface area contributed by atoms with Crippen LogP contribution in [0.5, 0.6) is 0 Å².